The molecule has 0 aromatic carbocycles. The highest BCUT2D eigenvalue weighted by atomic mass is 16.6. The summed E-state index contributed by atoms with van der Waals surface area (Å²) in [6.07, 6.45) is 17.4. The van der Waals surface area contributed by atoms with Crippen molar-refractivity contribution < 1.29 is 14.3 Å². The first-order valence-corrected chi connectivity index (χ1v) is 16.5. The summed E-state index contributed by atoms with van der Waals surface area (Å²) >= 11 is 0. The van der Waals surface area contributed by atoms with Crippen LogP contribution < -0.4 is 22.1 Å². The van der Waals surface area contributed by atoms with Gasteiger partial charge in [0.05, 0.1) is 36.6 Å². The molecule has 4 aliphatic rings. The van der Waals surface area contributed by atoms with Gasteiger partial charge in [0.25, 0.3) is 0 Å². The predicted octanol–water partition coefficient (Wildman–Crippen LogP) is 3.89. The number of unbranched alkanes of at least 4 members (excludes halogenated alkanes) is 3. The number of nitriles is 1. The van der Waals surface area contributed by atoms with Crippen LogP contribution in [0.1, 0.15) is 103 Å². The Morgan fingerprint density at radius 1 is 1.22 bits per heavy atom. The lowest BCUT2D eigenvalue weighted by Crippen LogP contribution is -2.59. The van der Waals surface area contributed by atoms with Gasteiger partial charge in [0.1, 0.15) is 6.10 Å². The highest BCUT2D eigenvalue weighted by molar-refractivity contribution is 5.82. The van der Waals surface area contributed by atoms with Crippen LogP contribution in [0.4, 0.5) is 0 Å². The first-order chi connectivity index (χ1) is 19.9. The molecule has 6 N–H and O–H groups in total. The molecule has 1 saturated carbocycles. The summed E-state index contributed by atoms with van der Waals surface area (Å²) in [5.74, 6) is -0.421. The normalized spacial score (nSPS) is 29.4. The van der Waals surface area contributed by atoms with Gasteiger partial charge in [-0.25, -0.2) is 0 Å². The van der Waals surface area contributed by atoms with Crippen LogP contribution in [0.2, 0.25) is 0 Å². The van der Waals surface area contributed by atoms with E-state index in [-0.39, 0.29) is 35.5 Å². The number of hydrogen-bond acceptors (Lipinski definition) is 8. The summed E-state index contributed by atoms with van der Waals surface area (Å²) in [5.41, 5.74) is 13.8. The van der Waals surface area contributed by atoms with E-state index < -0.39 is 12.1 Å². The topological polar surface area (TPSA) is 139 Å². The Balaban J connectivity index is 1.51. The Labute approximate surface area is 248 Å². The maximum absolute atomic E-state index is 14.1. The molecule has 41 heavy (non-hydrogen) atoms. The van der Waals surface area contributed by atoms with Crippen molar-refractivity contribution in [2.75, 3.05) is 32.8 Å². The number of nitrogens with two attached hydrogens (primary N) is 2. The number of rotatable bonds is 12. The molecule has 0 radical (unpaired) electrons. The zero-order chi connectivity index (χ0) is 29.1. The number of carbonyl (C=O) groups is 1. The van der Waals surface area contributed by atoms with Crippen LogP contribution in [0, 0.1) is 28.6 Å². The minimum atomic E-state index is -0.793. The monoisotopic (exact) mass is 572 g/mol. The Morgan fingerprint density at radius 3 is 2.76 bits per heavy atom. The Morgan fingerprint density at radius 2 is 2.05 bits per heavy atom. The summed E-state index contributed by atoms with van der Waals surface area (Å²) in [6.45, 7) is 6.16. The van der Waals surface area contributed by atoms with Crippen LogP contribution in [0.5, 0.6) is 0 Å². The van der Waals surface area contributed by atoms with E-state index in [1.54, 1.807) is 0 Å². The van der Waals surface area contributed by atoms with Gasteiger partial charge in [0.2, 0.25) is 5.91 Å². The second-order valence-electron chi connectivity index (χ2n) is 13.2. The van der Waals surface area contributed by atoms with Crippen LogP contribution in [0.25, 0.3) is 0 Å². The lowest BCUT2D eigenvalue weighted by Gasteiger charge is -2.45. The number of ether oxygens (including phenoxy) is 2. The first-order valence-electron chi connectivity index (χ1n) is 16.5. The van der Waals surface area contributed by atoms with E-state index in [1.165, 1.54) is 51.4 Å². The van der Waals surface area contributed by atoms with E-state index in [4.69, 9.17) is 20.9 Å². The zero-order valence-corrected chi connectivity index (χ0v) is 25.5. The van der Waals surface area contributed by atoms with Crippen LogP contribution in [-0.2, 0) is 14.3 Å². The maximum Gasteiger partial charge on any atom is 0.231 e. The minimum Gasteiger partial charge on any atom is -0.379 e. The average molecular weight is 573 g/mol. The highest BCUT2D eigenvalue weighted by Gasteiger charge is 2.42. The lowest BCUT2D eigenvalue weighted by atomic mass is 9.64. The lowest BCUT2D eigenvalue weighted by molar-refractivity contribution is -0.127. The molecular weight excluding hydrogens is 516 g/mol. The first kappa shape index (κ1) is 32.2. The van der Waals surface area contributed by atoms with E-state index in [9.17, 15) is 10.1 Å². The summed E-state index contributed by atoms with van der Waals surface area (Å²) in [7, 11) is 0. The van der Waals surface area contributed by atoms with Crippen molar-refractivity contribution in [1.82, 2.24) is 15.5 Å². The molecule has 9 nitrogen and oxygen atoms in total. The van der Waals surface area contributed by atoms with Crippen molar-refractivity contribution in [2.24, 2.45) is 28.7 Å². The van der Waals surface area contributed by atoms with Gasteiger partial charge in [0.15, 0.2) is 0 Å². The second kappa shape index (κ2) is 16.2. The Hall–Kier alpha value is -1.70. The predicted molar refractivity (Wildman–Crippen MR) is 161 cm³/mol. The van der Waals surface area contributed by atoms with Crippen molar-refractivity contribution in [2.45, 2.75) is 128 Å². The Bertz CT molecular complexity index is 877. The number of carbonyl (C=O) groups excluding carboxylic acids is 1. The molecule has 232 valence electrons. The summed E-state index contributed by atoms with van der Waals surface area (Å²) < 4.78 is 12.0. The Kier molecular flexibility index (Phi) is 12.8. The smallest absolute Gasteiger partial charge is 0.231 e. The van der Waals surface area contributed by atoms with Gasteiger partial charge in [-0.3, -0.25) is 4.79 Å². The third-order valence-electron chi connectivity index (χ3n) is 10.0. The van der Waals surface area contributed by atoms with Gasteiger partial charge < -0.3 is 36.5 Å². The van der Waals surface area contributed by atoms with Crippen molar-refractivity contribution in [3.63, 3.8) is 0 Å². The summed E-state index contributed by atoms with van der Waals surface area (Å²) in [4.78, 5) is 16.4. The molecule has 2 saturated heterocycles. The molecule has 3 fully saturated rings. The molecule has 3 heterocycles. The third kappa shape index (κ3) is 9.39. The quantitative estimate of drug-likeness (QED) is 0.204. The maximum atomic E-state index is 14.1. The van der Waals surface area contributed by atoms with Gasteiger partial charge in [-0.15, -0.1) is 0 Å². The highest BCUT2D eigenvalue weighted by Crippen LogP contribution is 2.46. The van der Waals surface area contributed by atoms with E-state index in [0.29, 0.717) is 19.6 Å². The van der Waals surface area contributed by atoms with Gasteiger partial charge in [-0.1, -0.05) is 45.4 Å². The number of nitrogens with zero attached hydrogens (tertiary/aromatic N) is 2. The molecule has 1 amide bonds. The fourth-order valence-corrected chi connectivity index (χ4v) is 7.54. The molecule has 4 unspecified atom stereocenters. The van der Waals surface area contributed by atoms with E-state index >= 15 is 0 Å². The third-order valence-corrected chi connectivity index (χ3v) is 10.0. The molecular formula is C32H56N6O3. The standard InChI is InChI=1S/C32H56N6O3/c1-2-3-4-8-17-38-18-11-28(41-25-12-19-40-23-25)27(22-38)37-31(39)29(30(34)35)26-20-32(13-6-5-7-14-32)15-9-24(10-16-33)21-36-26/h22,24-26,28-30,36H,2-15,17-21,23,34-35H2,1H3,(H,37,39)/t24?,25-,26?,28?,29?/m0/s1. The minimum absolute atomic E-state index is 0.0551. The fourth-order valence-electron chi connectivity index (χ4n) is 7.54. The molecule has 3 aliphatic heterocycles. The van der Waals surface area contributed by atoms with Crippen molar-refractivity contribution in [3.05, 3.63) is 11.9 Å². The van der Waals surface area contributed by atoms with Crippen LogP contribution in [0.15, 0.2) is 11.9 Å². The van der Waals surface area contributed by atoms with Gasteiger partial charge in [-0.2, -0.15) is 5.26 Å². The van der Waals surface area contributed by atoms with Crippen molar-refractivity contribution in [3.8, 4) is 6.07 Å². The number of amides is 1. The average Bonchev–Trinajstić information content (AvgIpc) is 3.46. The molecule has 4 rings (SSSR count). The number of hydrogen-bond donors (Lipinski definition) is 4. The fraction of sp³-hybridized carbons (Fsp3) is 0.875. The van der Waals surface area contributed by atoms with Crippen molar-refractivity contribution >= 4 is 5.91 Å². The zero-order valence-electron chi connectivity index (χ0n) is 25.5. The van der Waals surface area contributed by atoms with Gasteiger partial charge >= 0.3 is 0 Å². The molecule has 1 spiro atoms. The van der Waals surface area contributed by atoms with Crippen LogP contribution in [0.3, 0.4) is 0 Å². The molecule has 9 heteroatoms. The second-order valence-corrected chi connectivity index (χ2v) is 13.2. The van der Waals surface area contributed by atoms with E-state index in [1.807, 2.05) is 0 Å². The molecule has 1 aliphatic carbocycles. The van der Waals surface area contributed by atoms with Crippen molar-refractivity contribution in [1.29, 1.82) is 5.26 Å². The van der Waals surface area contributed by atoms with E-state index in [0.717, 1.165) is 63.9 Å². The molecule has 0 bridgehead atoms. The molecule has 0 aromatic heterocycles. The SMILES string of the molecule is CCCCCCN1C=C(NC(=O)C(C(N)N)C2CC3(CCCCC3)CCC(CC#N)CN2)C(O[C@H]2CCOC2)CC1. The van der Waals surface area contributed by atoms with E-state index in [2.05, 4.69) is 34.7 Å². The summed E-state index contributed by atoms with van der Waals surface area (Å²) in [6, 6.07) is 2.24. The van der Waals surface area contributed by atoms with Crippen LogP contribution in [-0.4, -0.2) is 68.1 Å². The largest absolute Gasteiger partial charge is 0.379 e. The van der Waals surface area contributed by atoms with Crippen LogP contribution >= 0.6 is 0 Å². The van der Waals surface area contributed by atoms with Gasteiger partial charge in [0, 0.05) is 38.4 Å². The molecule has 5 atom stereocenters. The number of nitrogens with one attached hydrogen (secondary N) is 2. The summed E-state index contributed by atoms with van der Waals surface area (Å²) in [5, 5.41) is 16.4. The van der Waals surface area contributed by atoms with Gasteiger partial charge in [-0.05, 0) is 69.2 Å². The molecule has 0 aromatic rings.